The zero-order chi connectivity index (χ0) is 13.2. The third-order valence-electron chi connectivity index (χ3n) is 3.38. The van der Waals surface area contributed by atoms with Crippen molar-refractivity contribution < 1.29 is 12.6 Å². The molecule has 0 amide bonds. The molecule has 1 aliphatic carbocycles. The van der Waals surface area contributed by atoms with Gasteiger partial charge in [0.05, 0.1) is 12.4 Å². The van der Waals surface area contributed by atoms with Gasteiger partial charge in [0.2, 0.25) is 0 Å². The van der Waals surface area contributed by atoms with Crippen LogP contribution in [-0.2, 0) is 14.3 Å². The fourth-order valence-corrected chi connectivity index (χ4v) is 3.25. The molecule has 0 N–H and O–H groups in total. The van der Waals surface area contributed by atoms with E-state index in [1.54, 1.807) is 0 Å². The Kier molecular flexibility index (Phi) is 4.02. The van der Waals surface area contributed by atoms with Gasteiger partial charge >= 0.3 is 0 Å². The molecule has 1 aromatic heterocycles. The Bertz CT molecular complexity index is 505. The summed E-state index contributed by atoms with van der Waals surface area (Å²) in [7, 11) is -3.32. The third-order valence-corrected chi connectivity index (χ3v) is 4.00. The Morgan fingerprint density at radius 1 is 1.28 bits per heavy atom. The number of rotatable bonds is 3. The van der Waals surface area contributed by atoms with Crippen molar-refractivity contribution in [3.63, 3.8) is 0 Å². The molecule has 100 valence electrons. The van der Waals surface area contributed by atoms with Crippen LogP contribution in [0, 0.1) is 6.92 Å². The molecule has 1 fully saturated rings. The summed E-state index contributed by atoms with van der Waals surface area (Å²) in [5.74, 6) is 0.506. The molecule has 1 aliphatic rings. The maximum absolute atomic E-state index is 11.1. The van der Waals surface area contributed by atoms with E-state index in [1.165, 1.54) is 5.56 Å². The molecule has 0 radical (unpaired) electrons. The second-order valence-corrected chi connectivity index (χ2v) is 6.61. The van der Waals surface area contributed by atoms with Gasteiger partial charge in [0, 0.05) is 11.9 Å². The van der Waals surface area contributed by atoms with Gasteiger partial charge in [-0.15, -0.1) is 0 Å². The van der Waals surface area contributed by atoms with E-state index in [-0.39, 0.29) is 6.10 Å². The smallest absolute Gasteiger partial charge is 0.264 e. The zero-order valence-corrected chi connectivity index (χ0v) is 11.6. The number of nitrogens with zero attached hydrogens (tertiary/aromatic N) is 1. The average molecular weight is 269 g/mol. The average Bonchev–Trinajstić information content (AvgIpc) is 2.28. The Labute approximate surface area is 109 Å². The highest BCUT2D eigenvalue weighted by atomic mass is 32.2. The lowest BCUT2D eigenvalue weighted by atomic mass is 9.83. The zero-order valence-electron chi connectivity index (χ0n) is 10.8. The number of pyridine rings is 1. The van der Waals surface area contributed by atoms with E-state index in [4.69, 9.17) is 4.18 Å². The van der Waals surface area contributed by atoms with Crippen LogP contribution in [0.1, 0.15) is 42.9 Å². The number of aryl methyl sites for hydroxylation is 1. The highest BCUT2D eigenvalue weighted by molar-refractivity contribution is 7.86. The third kappa shape index (κ3) is 3.78. The van der Waals surface area contributed by atoms with Gasteiger partial charge in [-0.3, -0.25) is 9.17 Å². The Balaban J connectivity index is 1.94. The second-order valence-electron chi connectivity index (χ2n) is 5.00. The molecule has 0 spiro atoms. The van der Waals surface area contributed by atoms with Crippen molar-refractivity contribution in [2.45, 2.75) is 44.6 Å². The van der Waals surface area contributed by atoms with Gasteiger partial charge < -0.3 is 0 Å². The monoisotopic (exact) mass is 269 g/mol. The molecule has 0 atom stereocenters. The van der Waals surface area contributed by atoms with Crippen LogP contribution in [0.5, 0.6) is 0 Å². The van der Waals surface area contributed by atoms with Crippen molar-refractivity contribution in [1.82, 2.24) is 4.98 Å². The van der Waals surface area contributed by atoms with Gasteiger partial charge in [-0.2, -0.15) is 8.42 Å². The standard InChI is InChI=1S/C13H19NO3S/c1-10-9-12(7-8-14-10)11-3-5-13(6-4-11)17-18(2,15)16/h7-9,11,13H,3-6H2,1-2H3/t11-,13-. The molecule has 0 saturated heterocycles. The lowest BCUT2D eigenvalue weighted by Gasteiger charge is -2.28. The second kappa shape index (κ2) is 5.36. The molecular weight excluding hydrogens is 250 g/mol. The summed E-state index contributed by atoms with van der Waals surface area (Å²) in [5.41, 5.74) is 2.34. The number of hydrogen-bond acceptors (Lipinski definition) is 4. The summed E-state index contributed by atoms with van der Waals surface area (Å²) in [6.07, 6.45) is 6.37. The first kappa shape index (κ1) is 13.5. The first-order valence-corrected chi connectivity index (χ1v) is 8.06. The minimum Gasteiger partial charge on any atom is -0.267 e. The number of aromatic nitrogens is 1. The Morgan fingerprint density at radius 3 is 2.50 bits per heavy atom. The first-order chi connectivity index (χ1) is 8.44. The maximum atomic E-state index is 11.1. The van der Waals surface area contributed by atoms with E-state index < -0.39 is 10.1 Å². The van der Waals surface area contributed by atoms with Crippen molar-refractivity contribution >= 4 is 10.1 Å². The molecule has 1 heterocycles. The molecule has 2 rings (SSSR count). The topological polar surface area (TPSA) is 56.3 Å². The van der Waals surface area contributed by atoms with Crippen LogP contribution in [0.4, 0.5) is 0 Å². The van der Waals surface area contributed by atoms with Crippen molar-refractivity contribution in [1.29, 1.82) is 0 Å². The highest BCUT2D eigenvalue weighted by Crippen LogP contribution is 2.34. The summed E-state index contributed by atoms with van der Waals surface area (Å²) in [6.45, 7) is 1.99. The van der Waals surface area contributed by atoms with Crippen LogP contribution in [-0.4, -0.2) is 25.8 Å². The van der Waals surface area contributed by atoms with E-state index in [1.807, 2.05) is 13.1 Å². The molecule has 18 heavy (non-hydrogen) atoms. The Morgan fingerprint density at radius 2 is 1.94 bits per heavy atom. The summed E-state index contributed by atoms with van der Waals surface area (Å²) >= 11 is 0. The summed E-state index contributed by atoms with van der Waals surface area (Å²) in [4.78, 5) is 4.19. The predicted molar refractivity (Wildman–Crippen MR) is 69.9 cm³/mol. The van der Waals surface area contributed by atoms with Gasteiger partial charge in [-0.05, 0) is 56.2 Å². The molecule has 1 saturated carbocycles. The molecule has 0 unspecified atom stereocenters. The minimum absolute atomic E-state index is 0.140. The van der Waals surface area contributed by atoms with Gasteiger partial charge in [-0.1, -0.05) is 0 Å². The van der Waals surface area contributed by atoms with Gasteiger partial charge in [-0.25, -0.2) is 0 Å². The number of hydrogen-bond donors (Lipinski definition) is 0. The predicted octanol–water partition coefficient (Wildman–Crippen LogP) is 2.39. The molecule has 1 aromatic rings. The maximum Gasteiger partial charge on any atom is 0.264 e. The van der Waals surface area contributed by atoms with Crippen molar-refractivity contribution in [2.75, 3.05) is 6.26 Å². The van der Waals surface area contributed by atoms with Crippen LogP contribution >= 0.6 is 0 Å². The van der Waals surface area contributed by atoms with E-state index in [0.29, 0.717) is 5.92 Å². The lowest BCUT2D eigenvalue weighted by molar-refractivity contribution is 0.155. The van der Waals surface area contributed by atoms with Crippen LogP contribution < -0.4 is 0 Å². The van der Waals surface area contributed by atoms with E-state index in [2.05, 4.69) is 17.1 Å². The van der Waals surface area contributed by atoms with Gasteiger partial charge in [0.15, 0.2) is 0 Å². The molecule has 5 heteroatoms. The Hall–Kier alpha value is -0.940. The van der Waals surface area contributed by atoms with Crippen LogP contribution in [0.2, 0.25) is 0 Å². The minimum atomic E-state index is -3.32. The first-order valence-electron chi connectivity index (χ1n) is 6.25. The highest BCUT2D eigenvalue weighted by Gasteiger charge is 2.25. The molecule has 0 aromatic carbocycles. The summed E-state index contributed by atoms with van der Waals surface area (Å²) < 4.78 is 27.2. The van der Waals surface area contributed by atoms with E-state index in [0.717, 1.165) is 37.6 Å². The van der Waals surface area contributed by atoms with E-state index in [9.17, 15) is 8.42 Å². The van der Waals surface area contributed by atoms with Gasteiger partial charge in [0.25, 0.3) is 10.1 Å². The van der Waals surface area contributed by atoms with Crippen molar-refractivity contribution in [3.05, 3.63) is 29.6 Å². The molecule has 0 aliphatic heterocycles. The van der Waals surface area contributed by atoms with Crippen LogP contribution in [0.3, 0.4) is 0 Å². The largest absolute Gasteiger partial charge is 0.267 e. The van der Waals surface area contributed by atoms with Crippen LogP contribution in [0.25, 0.3) is 0 Å². The fourth-order valence-electron chi connectivity index (χ4n) is 2.56. The molecule has 0 bridgehead atoms. The summed E-state index contributed by atoms with van der Waals surface area (Å²) in [5, 5.41) is 0. The quantitative estimate of drug-likeness (QED) is 0.791. The van der Waals surface area contributed by atoms with E-state index >= 15 is 0 Å². The van der Waals surface area contributed by atoms with Crippen molar-refractivity contribution in [3.8, 4) is 0 Å². The molecule has 4 nitrogen and oxygen atoms in total. The SMILES string of the molecule is Cc1cc([C@H]2CC[C@H](OS(C)(=O)=O)CC2)ccn1. The van der Waals surface area contributed by atoms with Crippen LogP contribution in [0.15, 0.2) is 18.3 Å². The molecular formula is C13H19NO3S. The van der Waals surface area contributed by atoms with Gasteiger partial charge in [0.1, 0.15) is 0 Å². The summed E-state index contributed by atoms with van der Waals surface area (Å²) in [6, 6.07) is 4.16. The normalized spacial score (nSPS) is 25.0. The lowest BCUT2D eigenvalue weighted by Crippen LogP contribution is -2.23. The fraction of sp³-hybridized carbons (Fsp3) is 0.615. The van der Waals surface area contributed by atoms with Crippen molar-refractivity contribution in [2.24, 2.45) is 0 Å².